The second-order valence-electron chi connectivity index (χ2n) is 3.71. The summed E-state index contributed by atoms with van der Waals surface area (Å²) in [6.45, 7) is -1.80. The molecule has 4 nitrogen and oxygen atoms in total. The Kier molecular flexibility index (Phi) is 3.25. The van der Waals surface area contributed by atoms with Crippen molar-refractivity contribution in [2.24, 2.45) is 11.1 Å². The van der Waals surface area contributed by atoms with Gasteiger partial charge in [-0.05, 0) is 6.42 Å². The maximum Gasteiger partial charge on any atom is 0.398 e. The van der Waals surface area contributed by atoms with Gasteiger partial charge in [-0.2, -0.15) is 13.2 Å². The van der Waals surface area contributed by atoms with Crippen LogP contribution in [0.3, 0.4) is 0 Å². The molecule has 1 saturated heterocycles. The smallest absolute Gasteiger partial charge is 0.395 e. The zero-order chi connectivity index (χ0) is 11.7. The van der Waals surface area contributed by atoms with Gasteiger partial charge in [0.2, 0.25) is 5.91 Å². The fraction of sp³-hybridized carbons (Fsp3) is 0.875. The highest BCUT2D eigenvalue weighted by molar-refractivity contribution is 5.78. The maximum atomic E-state index is 12.6. The molecule has 15 heavy (non-hydrogen) atoms. The lowest BCUT2D eigenvalue weighted by atomic mass is 9.87. The van der Waals surface area contributed by atoms with Gasteiger partial charge in [0.25, 0.3) is 0 Å². The van der Waals surface area contributed by atoms with Crippen molar-refractivity contribution in [3.05, 3.63) is 0 Å². The predicted octanol–water partition coefficient (Wildman–Crippen LogP) is -0.282. The van der Waals surface area contributed by atoms with Gasteiger partial charge in [0, 0.05) is 13.1 Å². The van der Waals surface area contributed by atoms with Crippen molar-refractivity contribution in [2.45, 2.75) is 12.6 Å². The maximum absolute atomic E-state index is 12.6. The third kappa shape index (κ3) is 2.07. The van der Waals surface area contributed by atoms with Crippen LogP contribution in [0, 0.1) is 5.41 Å². The van der Waals surface area contributed by atoms with Gasteiger partial charge in [-0.25, -0.2) is 0 Å². The van der Waals surface area contributed by atoms with E-state index < -0.39 is 30.7 Å². The molecular formula is C8H13F3N2O2. The highest BCUT2D eigenvalue weighted by Crippen LogP contribution is 2.44. The highest BCUT2D eigenvalue weighted by atomic mass is 19.4. The summed E-state index contributed by atoms with van der Waals surface area (Å²) in [6.07, 6.45) is -4.76. The molecule has 0 unspecified atom stereocenters. The van der Waals surface area contributed by atoms with Crippen molar-refractivity contribution in [3.63, 3.8) is 0 Å². The Balaban J connectivity index is 2.78. The number of halogens is 3. The predicted molar refractivity (Wildman–Crippen MR) is 45.8 cm³/mol. The van der Waals surface area contributed by atoms with Crippen LogP contribution in [0.5, 0.6) is 0 Å². The van der Waals surface area contributed by atoms with E-state index in [4.69, 9.17) is 10.8 Å². The summed E-state index contributed by atoms with van der Waals surface area (Å²) in [5.74, 6) is -0.519. The zero-order valence-electron chi connectivity index (χ0n) is 8.05. The molecule has 0 radical (unpaired) electrons. The summed E-state index contributed by atoms with van der Waals surface area (Å²) in [5, 5.41) is 8.84. The number of nitrogens with two attached hydrogens (primary N) is 1. The Labute approximate surface area is 84.8 Å². The molecule has 1 aliphatic rings. The minimum atomic E-state index is -4.49. The molecule has 0 aromatic rings. The van der Waals surface area contributed by atoms with Crippen molar-refractivity contribution < 1.29 is 23.1 Å². The van der Waals surface area contributed by atoms with Gasteiger partial charge < -0.3 is 15.7 Å². The molecular weight excluding hydrogens is 213 g/mol. The van der Waals surface area contributed by atoms with Crippen LogP contribution in [0.25, 0.3) is 0 Å². The molecule has 88 valence electrons. The third-order valence-corrected chi connectivity index (χ3v) is 2.79. The number of hydrogen-bond donors (Lipinski definition) is 2. The van der Waals surface area contributed by atoms with Crippen molar-refractivity contribution >= 4 is 5.91 Å². The van der Waals surface area contributed by atoms with Gasteiger partial charge in [0.1, 0.15) is 5.41 Å². The lowest BCUT2D eigenvalue weighted by molar-refractivity contribution is -0.230. The van der Waals surface area contributed by atoms with E-state index in [0.29, 0.717) is 0 Å². The number of likely N-dealkylation sites (tertiary alicyclic amines) is 1. The monoisotopic (exact) mass is 226 g/mol. The van der Waals surface area contributed by atoms with Crippen LogP contribution in [-0.2, 0) is 4.79 Å². The Hall–Kier alpha value is -0.820. The Morgan fingerprint density at radius 3 is 2.47 bits per heavy atom. The van der Waals surface area contributed by atoms with Crippen LogP contribution in [0.1, 0.15) is 6.42 Å². The fourth-order valence-corrected chi connectivity index (χ4v) is 1.66. The fourth-order valence-electron chi connectivity index (χ4n) is 1.66. The number of aliphatic hydroxyl groups is 1. The molecule has 0 spiro atoms. The minimum Gasteiger partial charge on any atom is -0.395 e. The SMILES string of the molecule is NCC(=O)N1CC[C@@](CO)(C(F)(F)F)C1. The van der Waals surface area contributed by atoms with E-state index in [0.717, 1.165) is 4.90 Å². The molecule has 1 amide bonds. The van der Waals surface area contributed by atoms with Crippen molar-refractivity contribution in [2.75, 3.05) is 26.2 Å². The quantitative estimate of drug-likeness (QED) is 0.680. The number of hydrogen-bond acceptors (Lipinski definition) is 3. The molecule has 1 aliphatic heterocycles. The van der Waals surface area contributed by atoms with E-state index >= 15 is 0 Å². The first-order valence-electron chi connectivity index (χ1n) is 4.52. The number of alkyl halides is 3. The van der Waals surface area contributed by atoms with E-state index in [1.54, 1.807) is 0 Å². The summed E-state index contributed by atoms with van der Waals surface area (Å²) in [4.78, 5) is 12.1. The second kappa shape index (κ2) is 3.97. The third-order valence-electron chi connectivity index (χ3n) is 2.79. The van der Waals surface area contributed by atoms with Crippen molar-refractivity contribution in [1.82, 2.24) is 4.90 Å². The number of carbonyl (C=O) groups excluding carboxylic acids is 1. The molecule has 0 aromatic heterocycles. The molecule has 0 aromatic carbocycles. The molecule has 1 fully saturated rings. The Morgan fingerprint density at radius 1 is 1.53 bits per heavy atom. The largest absolute Gasteiger partial charge is 0.398 e. The summed E-state index contributed by atoms with van der Waals surface area (Å²) in [7, 11) is 0. The number of carbonyl (C=O) groups is 1. The van der Waals surface area contributed by atoms with E-state index in [-0.39, 0.29) is 19.5 Å². The first-order chi connectivity index (χ1) is 6.86. The summed E-state index contributed by atoms with van der Waals surface area (Å²) < 4.78 is 37.9. The molecule has 7 heteroatoms. The highest BCUT2D eigenvalue weighted by Gasteiger charge is 2.58. The summed E-state index contributed by atoms with van der Waals surface area (Å²) in [6, 6.07) is 0. The van der Waals surface area contributed by atoms with Crippen LogP contribution in [0.2, 0.25) is 0 Å². The van der Waals surface area contributed by atoms with Crippen LogP contribution < -0.4 is 5.73 Å². The lowest BCUT2D eigenvalue weighted by Gasteiger charge is -2.29. The minimum absolute atomic E-state index is 0.00387. The van der Waals surface area contributed by atoms with Gasteiger partial charge in [-0.3, -0.25) is 4.79 Å². The van der Waals surface area contributed by atoms with Gasteiger partial charge in [-0.15, -0.1) is 0 Å². The molecule has 1 atom stereocenters. The van der Waals surface area contributed by atoms with Gasteiger partial charge in [0.15, 0.2) is 0 Å². The van der Waals surface area contributed by atoms with E-state index in [2.05, 4.69) is 0 Å². The standard InChI is InChI=1S/C8H13F3N2O2/c9-8(10,11)7(5-14)1-2-13(4-7)6(15)3-12/h14H,1-5,12H2/t7-/m1/s1. The summed E-state index contributed by atoms with van der Waals surface area (Å²) in [5.41, 5.74) is 2.89. The molecule has 1 rings (SSSR count). The Bertz CT molecular complexity index is 257. The lowest BCUT2D eigenvalue weighted by Crippen LogP contribution is -2.45. The van der Waals surface area contributed by atoms with E-state index in [1.165, 1.54) is 0 Å². The van der Waals surface area contributed by atoms with Gasteiger partial charge in [-0.1, -0.05) is 0 Å². The summed E-state index contributed by atoms with van der Waals surface area (Å²) >= 11 is 0. The topological polar surface area (TPSA) is 66.6 Å². The normalized spacial score (nSPS) is 27.1. The van der Waals surface area contributed by atoms with Crippen molar-refractivity contribution in [3.8, 4) is 0 Å². The molecule has 3 N–H and O–H groups in total. The number of rotatable bonds is 2. The van der Waals surface area contributed by atoms with Gasteiger partial charge in [0.05, 0.1) is 13.2 Å². The van der Waals surface area contributed by atoms with Gasteiger partial charge >= 0.3 is 6.18 Å². The average molecular weight is 226 g/mol. The first kappa shape index (κ1) is 12.3. The zero-order valence-corrected chi connectivity index (χ0v) is 8.05. The van der Waals surface area contributed by atoms with E-state index in [9.17, 15) is 18.0 Å². The Morgan fingerprint density at radius 2 is 2.13 bits per heavy atom. The second-order valence-corrected chi connectivity index (χ2v) is 3.71. The number of amides is 1. The number of aliphatic hydroxyl groups excluding tert-OH is 1. The van der Waals surface area contributed by atoms with Crippen LogP contribution >= 0.6 is 0 Å². The average Bonchev–Trinajstić information content (AvgIpc) is 2.61. The number of nitrogens with zero attached hydrogens (tertiary/aromatic N) is 1. The van der Waals surface area contributed by atoms with Crippen LogP contribution in [0.4, 0.5) is 13.2 Å². The van der Waals surface area contributed by atoms with Crippen molar-refractivity contribution in [1.29, 1.82) is 0 Å². The first-order valence-corrected chi connectivity index (χ1v) is 4.52. The molecule has 0 aliphatic carbocycles. The molecule has 0 bridgehead atoms. The molecule has 0 saturated carbocycles. The van der Waals surface area contributed by atoms with Crippen LogP contribution in [0.15, 0.2) is 0 Å². The van der Waals surface area contributed by atoms with E-state index in [1.807, 2.05) is 0 Å². The molecule has 1 heterocycles. The van der Waals surface area contributed by atoms with Crippen LogP contribution in [-0.4, -0.2) is 48.3 Å².